The molecule has 6 heteroatoms. The third kappa shape index (κ3) is 5.42. The van der Waals surface area contributed by atoms with Gasteiger partial charge in [-0.1, -0.05) is 40.5 Å². The monoisotopic (exact) mass is 354 g/mol. The van der Waals surface area contributed by atoms with E-state index in [1.807, 2.05) is 11.8 Å². The third-order valence-corrected chi connectivity index (χ3v) is 5.03. The Balaban J connectivity index is 2.86. The number of urea groups is 1. The summed E-state index contributed by atoms with van der Waals surface area (Å²) in [7, 11) is 0. The first kappa shape index (κ1) is 21.9. The molecule has 3 amide bonds. The van der Waals surface area contributed by atoms with Crippen LogP contribution in [0.2, 0.25) is 0 Å². The van der Waals surface area contributed by atoms with Crippen LogP contribution in [0.4, 0.5) is 4.79 Å². The van der Waals surface area contributed by atoms with Gasteiger partial charge in [-0.05, 0) is 38.8 Å². The Hall–Kier alpha value is -1.14. The summed E-state index contributed by atoms with van der Waals surface area (Å²) in [5, 5.41) is 6.64. The lowest BCUT2D eigenvalue weighted by Crippen LogP contribution is -2.51. The molecule has 25 heavy (non-hydrogen) atoms. The van der Waals surface area contributed by atoms with Gasteiger partial charge in [-0.25, -0.2) is 4.79 Å². The smallest absolute Gasteiger partial charge is 0.315 e. The van der Waals surface area contributed by atoms with Crippen LogP contribution in [-0.2, 0) is 4.79 Å². The molecule has 0 spiro atoms. The number of nitrogens with zero attached hydrogens (tertiary/aromatic N) is 2. The summed E-state index contributed by atoms with van der Waals surface area (Å²) in [4.78, 5) is 29.4. The Morgan fingerprint density at radius 1 is 0.840 bits per heavy atom. The van der Waals surface area contributed by atoms with Crippen molar-refractivity contribution in [1.29, 1.82) is 0 Å². The van der Waals surface area contributed by atoms with E-state index < -0.39 is 5.54 Å². The molecule has 2 N–H and O–H groups in total. The van der Waals surface area contributed by atoms with E-state index in [9.17, 15) is 9.59 Å². The largest absolute Gasteiger partial charge is 0.327 e. The van der Waals surface area contributed by atoms with Crippen molar-refractivity contribution in [3.63, 3.8) is 0 Å². The molecular formula is C19H38N4O2. The molecule has 0 aromatic heterocycles. The molecular weight excluding hydrogens is 316 g/mol. The highest BCUT2D eigenvalue weighted by atomic mass is 16.2. The normalized spacial score (nSPS) is 20.8. The van der Waals surface area contributed by atoms with Crippen LogP contribution in [0.1, 0.15) is 66.2 Å². The quantitative estimate of drug-likeness (QED) is 0.372. The average Bonchev–Trinajstić information content (AvgIpc) is 2.81. The summed E-state index contributed by atoms with van der Waals surface area (Å²) in [6.45, 7) is 12.7. The van der Waals surface area contributed by atoms with Crippen molar-refractivity contribution in [2.45, 2.75) is 71.8 Å². The SMILES string of the molecule is CCCCC1(CC)C(=O)N(CCNCCC)C(=O)N1CCNCCC. The molecule has 0 bridgehead atoms. The molecule has 1 atom stereocenters. The molecule has 0 radical (unpaired) electrons. The van der Waals surface area contributed by atoms with Gasteiger partial charge in [0.1, 0.15) is 5.54 Å². The number of rotatable bonds is 14. The Bertz CT molecular complexity index is 416. The van der Waals surface area contributed by atoms with Crippen molar-refractivity contribution in [1.82, 2.24) is 20.4 Å². The number of unbranched alkanes of at least 4 members (excludes halogenated alkanes) is 1. The van der Waals surface area contributed by atoms with Crippen LogP contribution in [0.25, 0.3) is 0 Å². The van der Waals surface area contributed by atoms with Gasteiger partial charge >= 0.3 is 6.03 Å². The summed E-state index contributed by atoms with van der Waals surface area (Å²) in [5.41, 5.74) is -0.647. The van der Waals surface area contributed by atoms with Crippen molar-refractivity contribution >= 4 is 11.9 Å². The molecule has 1 saturated heterocycles. The number of imide groups is 1. The summed E-state index contributed by atoms with van der Waals surface area (Å²) >= 11 is 0. The van der Waals surface area contributed by atoms with E-state index in [2.05, 4.69) is 31.4 Å². The summed E-state index contributed by atoms with van der Waals surface area (Å²) in [5.74, 6) is 0.00207. The van der Waals surface area contributed by atoms with Crippen LogP contribution >= 0.6 is 0 Å². The molecule has 6 nitrogen and oxygen atoms in total. The molecule has 0 aliphatic carbocycles. The molecule has 0 saturated carbocycles. The standard InChI is InChI=1S/C19H38N4O2/c1-5-9-10-19(8-4)17(24)22(15-13-20-11-6-2)18(25)23(19)16-14-21-12-7-3/h20-21H,5-16H2,1-4H3. The zero-order valence-electron chi connectivity index (χ0n) is 16.7. The van der Waals surface area contributed by atoms with E-state index in [0.29, 0.717) is 26.1 Å². The number of amides is 3. The zero-order chi connectivity index (χ0) is 18.7. The minimum Gasteiger partial charge on any atom is -0.315 e. The van der Waals surface area contributed by atoms with Crippen molar-refractivity contribution in [2.24, 2.45) is 0 Å². The number of hydrogen-bond donors (Lipinski definition) is 2. The minimum absolute atomic E-state index is 0.00207. The number of hydrogen-bond acceptors (Lipinski definition) is 4. The Morgan fingerprint density at radius 3 is 1.96 bits per heavy atom. The lowest BCUT2D eigenvalue weighted by molar-refractivity contribution is -0.133. The maximum atomic E-state index is 13.2. The number of carbonyl (C=O) groups is 2. The second-order valence-electron chi connectivity index (χ2n) is 6.88. The highest BCUT2D eigenvalue weighted by molar-refractivity contribution is 6.07. The average molecular weight is 355 g/mol. The van der Waals surface area contributed by atoms with Crippen molar-refractivity contribution in [3.05, 3.63) is 0 Å². The summed E-state index contributed by atoms with van der Waals surface area (Å²) < 4.78 is 0. The lowest BCUT2D eigenvalue weighted by atomic mass is 9.88. The molecule has 1 rings (SSSR count). The maximum Gasteiger partial charge on any atom is 0.327 e. The first-order chi connectivity index (χ1) is 12.1. The van der Waals surface area contributed by atoms with E-state index >= 15 is 0 Å². The van der Waals surface area contributed by atoms with Crippen LogP contribution in [0.3, 0.4) is 0 Å². The molecule has 1 aliphatic rings. The summed E-state index contributed by atoms with van der Waals surface area (Å²) in [6, 6.07) is -0.112. The van der Waals surface area contributed by atoms with Gasteiger partial charge < -0.3 is 15.5 Å². The van der Waals surface area contributed by atoms with E-state index in [1.54, 1.807) is 0 Å². The zero-order valence-corrected chi connectivity index (χ0v) is 16.7. The fourth-order valence-corrected chi connectivity index (χ4v) is 3.50. The van der Waals surface area contributed by atoms with Crippen molar-refractivity contribution in [2.75, 3.05) is 39.3 Å². The first-order valence-electron chi connectivity index (χ1n) is 10.1. The number of carbonyl (C=O) groups excluding carboxylic acids is 2. The van der Waals surface area contributed by atoms with Gasteiger partial charge in [-0.2, -0.15) is 0 Å². The topological polar surface area (TPSA) is 64.7 Å². The molecule has 0 aromatic rings. The van der Waals surface area contributed by atoms with E-state index in [4.69, 9.17) is 0 Å². The van der Waals surface area contributed by atoms with Crippen molar-refractivity contribution in [3.8, 4) is 0 Å². The van der Waals surface area contributed by atoms with E-state index in [-0.39, 0.29) is 11.9 Å². The predicted octanol–water partition coefficient (Wildman–Crippen LogP) is 2.59. The van der Waals surface area contributed by atoms with E-state index in [0.717, 1.165) is 51.7 Å². The Labute approximate surface area is 153 Å². The highest BCUT2D eigenvalue weighted by Gasteiger charge is 2.54. The van der Waals surface area contributed by atoms with E-state index in [1.165, 1.54) is 4.90 Å². The van der Waals surface area contributed by atoms with Gasteiger partial charge in [-0.3, -0.25) is 9.69 Å². The molecule has 0 aromatic carbocycles. The van der Waals surface area contributed by atoms with Crippen LogP contribution in [-0.4, -0.2) is 66.5 Å². The van der Waals surface area contributed by atoms with Crippen LogP contribution in [0.5, 0.6) is 0 Å². The van der Waals surface area contributed by atoms with Crippen molar-refractivity contribution < 1.29 is 9.59 Å². The van der Waals surface area contributed by atoms with Gasteiger partial charge in [0.15, 0.2) is 0 Å². The Morgan fingerprint density at radius 2 is 1.44 bits per heavy atom. The fourth-order valence-electron chi connectivity index (χ4n) is 3.50. The van der Waals surface area contributed by atoms with Crippen LogP contribution < -0.4 is 10.6 Å². The van der Waals surface area contributed by atoms with Crippen LogP contribution in [0.15, 0.2) is 0 Å². The molecule has 1 fully saturated rings. The minimum atomic E-state index is -0.647. The summed E-state index contributed by atoms with van der Waals surface area (Å²) in [6.07, 6.45) is 5.56. The first-order valence-corrected chi connectivity index (χ1v) is 10.1. The number of nitrogens with one attached hydrogen (secondary N) is 2. The lowest BCUT2D eigenvalue weighted by Gasteiger charge is -2.34. The van der Waals surface area contributed by atoms with Gasteiger partial charge in [0.25, 0.3) is 5.91 Å². The predicted molar refractivity (Wildman–Crippen MR) is 103 cm³/mol. The second kappa shape index (κ2) is 11.5. The third-order valence-electron chi connectivity index (χ3n) is 5.03. The maximum absolute atomic E-state index is 13.2. The van der Waals surface area contributed by atoms with Gasteiger partial charge in [0.2, 0.25) is 0 Å². The molecule has 1 unspecified atom stereocenters. The fraction of sp³-hybridized carbons (Fsp3) is 0.895. The molecule has 1 heterocycles. The van der Waals surface area contributed by atoms with Gasteiger partial charge in [0, 0.05) is 26.2 Å². The molecule has 1 aliphatic heterocycles. The molecule has 146 valence electrons. The highest BCUT2D eigenvalue weighted by Crippen LogP contribution is 2.35. The second-order valence-corrected chi connectivity index (χ2v) is 6.88. The van der Waals surface area contributed by atoms with Gasteiger partial charge in [-0.15, -0.1) is 0 Å². The van der Waals surface area contributed by atoms with Crippen LogP contribution in [0, 0.1) is 0 Å². The Kier molecular flexibility index (Phi) is 10.0. The van der Waals surface area contributed by atoms with Gasteiger partial charge in [0.05, 0.1) is 0 Å².